The standard InChI is InChI=1S/C13H7Cl3F2O/c14-8-2-1-6(3-10(8)16)13(19)7-4-11(17)12(18)5-9(7)15/h1-5,13,19H. The molecule has 1 N–H and O–H groups in total. The molecule has 0 fully saturated rings. The topological polar surface area (TPSA) is 20.2 Å². The highest BCUT2D eigenvalue weighted by molar-refractivity contribution is 6.42. The summed E-state index contributed by atoms with van der Waals surface area (Å²) < 4.78 is 26.1. The molecular weight excluding hydrogens is 316 g/mol. The van der Waals surface area contributed by atoms with Crippen molar-refractivity contribution in [2.45, 2.75) is 6.10 Å². The molecule has 0 heterocycles. The summed E-state index contributed by atoms with van der Waals surface area (Å²) in [5.74, 6) is -2.16. The van der Waals surface area contributed by atoms with Crippen LogP contribution in [0.5, 0.6) is 0 Å². The average molecular weight is 324 g/mol. The second kappa shape index (κ2) is 5.63. The van der Waals surface area contributed by atoms with Gasteiger partial charge in [0.25, 0.3) is 0 Å². The van der Waals surface area contributed by atoms with E-state index < -0.39 is 17.7 Å². The minimum Gasteiger partial charge on any atom is -0.384 e. The molecule has 1 nitrogen and oxygen atoms in total. The Morgan fingerprint density at radius 1 is 0.842 bits per heavy atom. The Kier molecular flexibility index (Phi) is 4.31. The first-order valence-electron chi connectivity index (χ1n) is 5.17. The van der Waals surface area contributed by atoms with Gasteiger partial charge in [0, 0.05) is 10.6 Å². The van der Waals surface area contributed by atoms with Gasteiger partial charge < -0.3 is 5.11 Å². The van der Waals surface area contributed by atoms with Crippen LogP contribution in [0, 0.1) is 11.6 Å². The van der Waals surface area contributed by atoms with E-state index in [1.807, 2.05) is 0 Å². The lowest BCUT2D eigenvalue weighted by atomic mass is 10.0. The number of benzene rings is 2. The Morgan fingerprint density at radius 3 is 2.11 bits per heavy atom. The first-order valence-corrected chi connectivity index (χ1v) is 6.31. The molecule has 0 amide bonds. The van der Waals surface area contributed by atoms with Gasteiger partial charge in [-0.3, -0.25) is 0 Å². The summed E-state index contributed by atoms with van der Waals surface area (Å²) in [5.41, 5.74) is 0.432. The van der Waals surface area contributed by atoms with Crippen LogP contribution in [0.1, 0.15) is 17.2 Å². The van der Waals surface area contributed by atoms with Crippen molar-refractivity contribution in [1.29, 1.82) is 0 Å². The minimum atomic E-state index is -1.22. The largest absolute Gasteiger partial charge is 0.384 e. The molecule has 0 spiro atoms. The first kappa shape index (κ1) is 14.5. The second-order valence-corrected chi connectivity index (χ2v) is 5.09. The van der Waals surface area contributed by atoms with Crippen LogP contribution in [0.25, 0.3) is 0 Å². The molecule has 0 saturated heterocycles. The van der Waals surface area contributed by atoms with Gasteiger partial charge in [0.2, 0.25) is 0 Å². The Balaban J connectivity index is 2.46. The zero-order valence-electron chi connectivity index (χ0n) is 9.30. The fourth-order valence-electron chi connectivity index (χ4n) is 1.61. The van der Waals surface area contributed by atoms with Crippen molar-refractivity contribution in [3.63, 3.8) is 0 Å². The fraction of sp³-hybridized carbons (Fsp3) is 0.0769. The van der Waals surface area contributed by atoms with E-state index in [1.165, 1.54) is 18.2 Å². The van der Waals surface area contributed by atoms with Gasteiger partial charge in [-0.25, -0.2) is 8.78 Å². The molecule has 2 aromatic carbocycles. The van der Waals surface area contributed by atoms with Crippen molar-refractivity contribution in [1.82, 2.24) is 0 Å². The maximum absolute atomic E-state index is 13.2. The molecule has 1 unspecified atom stereocenters. The van der Waals surface area contributed by atoms with Crippen LogP contribution in [0.3, 0.4) is 0 Å². The molecule has 0 bridgehead atoms. The van der Waals surface area contributed by atoms with E-state index in [0.29, 0.717) is 10.6 Å². The molecule has 0 saturated carbocycles. The molecule has 2 rings (SSSR count). The van der Waals surface area contributed by atoms with Crippen LogP contribution >= 0.6 is 34.8 Å². The average Bonchev–Trinajstić information content (AvgIpc) is 2.36. The quantitative estimate of drug-likeness (QED) is 0.771. The smallest absolute Gasteiger partial charge is 0.160 e. The Bertz CT molecular complexity index is 632. The van der Waals surface area contributed by atoms with Gasteiger partial charge in [0.15, 0.2) is 11.6 Å². The van der Waals surface area contributed by atoms with E-state index in [0.717, 1.165) is 12.1 Å². The van der Waals surface area contributed by atoms with Gasteiger partial charge in [-0.05, 0) is 29.8 Å². The summed E-state index contributed by atoms with van der Waals surface area (Å²) in [4.78, 5) is 0. The van der Waals surface area contributed by atoms with Gasteiger partial charge in [-0.15, -0.1) is 0 Å². The maximum atomic E-state index is 13.2. The predicted octanol–water partition coefficient (Wildman–Crippen LogP) is 5.01. The van der Waals surface area contributed by atoms with Crippen LogP contribution in [0.4, 0.5) is 8.78 Å². The molecule has 0 aliphatic rings. The number of rotatable bonds is 2. The molecule has 0 aliphatic carbocycles. The number of aliphatic hydroxyl groups excluding tert-OH is 1. The monoisotopic (exact) mass is 322 g/mol. The minimum absolute atomic E-state index is 0.0546. The lowest BCUT2D eigenvalue weighted by Crippen LogP contribution is -2.02. The molecule has 2 aromatic rings. The summed E-state index contributed by atoms with van der Waals surface area (Å²) in [6.07, 6.45) is -1.22. The van der Waals surface area contributed by atoms with Crippen LogP contribution in [-0.4, -0.2) is 5.11 Å². The molecular formula is C13H7Cl3F2O. The van der Waals surface area contributed by atoms with Crippen molar-refractivity contribution in [2.24, 2.45) is 0 Å². The summed E-state index contributed by atoms with van der Waals surface area (Å²) in [6.45, 7) is 0. The van der Waals surface area contributed by atoms with Crippen molar-refractivity contribution in [3.05, 3.63) is 68.2 Å². The highest BCUT2D eigenvalue weighted by atomic mass is 35.5. The Hall–Kier alpha value is -0.870. The molecule has 19 heavy (non-hydrogen) atoms. The van der Waals surface area contributed by atoms with Crippen molar-refractivity contribution in [3.8, 4) is 0 Å². The maximum Gasteiger partial charge on any atom is 0.160 e. The molecule has 0 aliphatic heterocycles. The number of halogens is 5. The van der Waals surface area contributed by atoms with Gasteiger partial charge in [-0.2, -0.15) is 0 Å². The third-order valence-corrected chi connectivity index (χ3v) is 3.66. The Labute approximate surface area is 123 Å². The van der Waals surface area contributed by atoms with Crippen LogP contribution in [0.2, 0.25) is 15.1 Å². The van der Waals surface area contributed by atoms with E-state index in [4.69, 9.17) is 34.8 Å². The van der Waals surface area contributed by atoms with E-state index in [1.54, 1.807) is 0 Å². The second-order valence-electron chi connectivity index (χ2n) is 3.86. The third-order valence-electron chi connectivity index (χ3n) is 2.59. The van der Waals surface area contributed by atoms with Crippen molar-refractivity contribution in [2.75, 3.05) is 0 Å². The molecule has 0 aromatic heterocycles. The summed E-state index contributed by atoms with van der Waals surface area (Å²) >= 11 is 17.4. The fourth-order valence-corrected chi connectivity index (χ4v) is 2.17. The summed E-state index contributed by atoms with van der Waals surface area (Å²) in [6, 6.07) is 6.12. The Morgan fingerprint density at radius 2 is 1.47 bits per heavy atom. The van der Waals surface area contributed by atoms with Crippen LogP contribution < -0.4 is 0 Å². The predicted molar refractivity (Wildman–Crippen MR) is 71.9 cm³/mol. The number of aliphatic hydroxyl groups is 1. The number of hydrogen-bond acceptors (Lipinski definition) is 1. The first-order chi connectivity index (χ1) is 8.90. The van der Waals surface area contributed by atoms with Gasteiger partial charge in [-0.1, -0.05) is 40.9 Å². The van der Waals surface area contributed by atoms with E-state index in [9.17, 15) is 13.9 Å². The van der Waals surface area contributed by atoms with Gasteiger partial charge >= 0.3 is 0 Å². The van der Waals surface area contributed by atoms with E-state index >= 15 is 0 Å². The molecule has 1 atom stereocenters. The molecule has 6 heteroatoms. The van der Waals surface area contributed by atoms with Crippen LogP contribution in [-0.2, 0) is 0 Å². The number of hydrogen-bond donors (Lipinski definition) is 1. The highest BCUT2D eigenvalue weighted by Crippen LogP contribution is 2.32. The lowest BCUT2D eigenvalue weighted by Gasteiger charge is -2.14. The van der Waals surface area contributed by atoms with Crippen LogP contribution in [0.15, 0.2) is 30.3 Å². The zero-order valence-corrected chi connectivity index (χ0v) is 11.6. The normalized spacial score (nSPS) is 12.5. The SMILES string of the molecule is OC(c1ccc(Cl)c(Cl)c1)c1cc(F)c(F)cc1Cl. The highest BCUT2D eigenvalue weighted by Gasteiger charge is 2.18. The third kappa shape index (κ3) is 3.00. The summed E-state index contributed by atoms with van der Waals surface area (Å²) in [7, 11) is 0. The van der Waals surface area contributed by atoms with E-state index in [2.05, 4.69) is 0 Å². The van der Waals surface area contributed by atoms with Crippen molar-refractivity contribution >= 4 is 34.8 Å². The zero-order chi connectivity index (χ0) is 14.2. The lowest BCUT2D eigenvalue weighted by molar-refractivity contribution is 0.219. The molecule has 0 radical (unpaired) electrons. The van der Waals surface area contributed by atoms with E-state index in [-0.39, 0.29) is 15.6 Å². The van der Waals surface area contributed by atoms with Gasteiger partial charge in [0.1, 0.15) is 6.10 Å². The van der Waals surface area contributed by atoms with Crippen molar-refractivity contribution < 1.29 is 13.9 Å². The molecule has 100 valence electrons. The summed E-state index contributed by atoms with van der Waals surface area (Å²) in [5, 5.41) is 10.6. The van der Waals surface area contributed by atoms with Gasteiger partial charge in [0.05, 0.1) is 10.0 Å².